The molecule has 1 aromatic carbocycles. The number of rotatable bonds is 2. The van der Waals surface area contributed by atoms with Crippen molar-refractivity contribution in [1.29, 1.82) is 0 Å². The summed E-state index contributed by atoms with van der Waals surface area (Å²) in [6.45, 7) is 2.85. The van der Waals surface area contributed by atoms with E-state index in [1.807, 2.05) is 19.1 Å². The van der Waals surface area contributed by atoms with Crippen molar-refractivity contribution in [3.8, 4) is 0 Å². The van der Waals surface area contributed by atoms with Crippen LogP contribution in [0.1, 0.15) is 18.4 Å². The molecule has 1 saturated heterocycles. The third-order valence-corrected chi connectivity index (χ3v) is 3.23. The molecular formula is C12H15ClN2O. The SMILES string of the molecule is Cc1cc(NC(=O)C2CCCN2)ccc1Cl. The van der Waals surface area contributed by atoms with Crippen LogP contribution in [0.2, 0.25) is 5.02 Å². The molecule has 16 heavy (non-hydrogen) atoms. The molecule has 86 valence electrons. The van der Waals surface area contributed by atoms with Crippen LogP contribution < -0.4 is 10.6 Å². The van der Waals surface area contributed by atoms with Crippen molar-refractivity contribution in [1.82, 2.24) is 5.32 Å². The smallest absolute Gasteiger partial charge is 0.241 e. The second kappa shape index (κ2) is 4.85. The van der Waals surface area contributed by atoms with Crippen molar-refractivity contribution >= 4 is 23.2 Å². The molecular weight excluding hydrogens is 224 g/mol. The zero-order valence-corrected chi connectivity index (χ0v) is 9.97. The summed E-state index contributed by atoms with van der Waals surface area (Å²) in [7, 11) is 0. The van der Waals surface area contributed by atoms with E-state index in [0.29, 0.717) is 0 Å². The number of halogens is 1. The summed E-state index contributed by atoms with van der Waals surface area (Å²) >= 11 is 5.92. The highest BCUT2D eigenvalue weighted by Crippen LogP contribution is 2.19. The van der Waals surface area contributed by atoms with Gasteiger partial charge in [0.15, 0.2) is 0 Å². The van der Waals surface area contributed by atoms with Crippen LogP contribution in [-0.4, -0.2) is 18.5 Å². The Labute approximate surface area is 100 Å². The summed E-state index contributed by atoms with van der Waals surface area (Å²) in [6.07, 6.45) is 1.98. The van der Waals surface area contributed by atoms with Crippen LogP contribution >= 0.6 is 11.6 Å². The Balaban J connectivity index is 2.02. The zero-order chi connectivity index (χ0) is 11.5. The number of anilines is 1. The quantitative estimate of drug-likeness (QED) is 0.831. The maximum Gasteiger partial charge on any atom is 0.241 e. The van der Waals surface area contributed by atoms with Crippen LogP contribution in [-0.2, 0) is 4.79 Å². The number of nitrogens with one attached hydrogen (secondary N) is 2. The standard InChI is InChI=1S/C12H15ClN2O/c1-8-7-9(4-5-10(8)13)15-12(16)11-3-2-6-14-11/h4-5,7,11,14H,2-3,6H2,1H3,(H,15,16). The van der Waals surface area contributed by atoms with Crippen LogP contribution in [0, 0.1) is 6.92 Å². The Bertz CT molecular complexity index is 400. The van der Waals surface area contributed by atoms with Crippen LogP contribution in [0.15, 0.2) is 18.2 Å². The third-order valence-electron chi connectivity index (χ3n) is 2.80. The van der Waals surface area contributed by atoms with Crippen LogP contribution in [0.5, 0.6) is 0 Å². The highest BCUT2D eigenvalue weighted by Gasteiger charge is 2.21. The molecule has 3 nitrogen and oxygen atoms in total. The van der Waals surface area contributed by atoms with Gasteiger partial charge in [-0.1, -0.05) is 11.6 Å². The first-order chi connectivity index (χ1) is 7.66. The van der Waals surface area contributed by atoms with Gasteiger partial charge < -0.3 is 10.6 Å². The lowest BCUT2D eigenvalue weighted by Gasteiger charge is -2.11. The van der Waals surface area contributed by atoms with E-state index in [1.165, 1.54) is 0 Å². The first-order valence-electron chi connectivity index (χ1n) is 5.47. The highest BCUT2D eigenvalue weighted by atomic mass is 35.5. The van der Waals surface area contributed by atoms with Gasteiger partial charge in [-0.05, 0) is 50.1 Å². The van der Waals surface area contributed by atoms with Gasteiger partial charge in [0.05, 0.1) is 6.04 Å². The molecule has 1 fully saturated rings. The van der Waals surface area contributed by atoms with Gasteiger partial charge in [0.1, 0.15) is 0 Å². The monoisotopic (exact) mass is 238 g/mol. The van der Waals surface area contributed by atoms with E-state index >= 15 is 0 Å². The predicted molar refractivity (Wildman–Crippen MR) is 65.8 cm³/mol. The van der Waals surface area contributed by atoms with Crippen molar-refractivity contribution < 1.29 is 4.79 Å². The first kappa shape index (κ1) is 11.4. The molecule has 0 aromatic heterocycles. The highest BCUT2D eigenvalue weighted by molar-refractivity contribution is 6.31. The van der Waals surface area contributed by atoms with E-state index < -0.39 is 0 Å². The van der Waals surface area contributed by atoms with Crippen LogP contribution in [0.25, 0.3) is 0 Å². The van der Waals surface area contributed by atoms with Gasteiger partial charge in [-0.3, -0.25) is 4.79 Å². The average Bonchev–Trinajstić information content (AvgIpc) is 2.77. The van der Waals surface area contributed by atoms with Gasteiger partial charge in [0.25, 0.3) is 0 Å². The minimum absolute atomic E-state index is 0.0409. The maximum absolute atomic E-state index is 11.8. The molecule has 1 unspecified atom stereocenters. The molecule has 1 atom stereocenters. The molecule has 1 aliphatic rings. The molecule has 0 spiro atoms. The van der Waals surface area contributed by atoms with E-state index in [0.717, 1.165) is 35.7 Å². The van der Waals surface area contributed by atoms with Gasteiger partial charge in [-0.25, -0.2) is 0 Å². The Kier molecular flexibility index (Phi) is 3.46. The largest absolute Gasteiger partial charge is 0.325 e. The second-order valence-electron chi connectivity index (χ2n) is 4.10. The first-order valence-corrected chi connectivity index (χ1v) is 5.85. The predicted octanol–water partition coefficient (Wildman–Crippen LogP) is 2.34. The third kappa shape index (κ3) is 2.54. The van der Waals surface area contributed by atoms with Crippen molar-refractivity contribution in [2.45, 2.75) is 25.8 Å². The molecule has 1 aromatic rings. The summed E-state index contributed by atoms with van der Waals surface area (Å²) in [6, 6.07) is 5.46. The Morgan fingerprint density at radius 3 is 3.00 bits per heavy atom. The lowest BCUT2D eigenvalue weighted by Crippen LogP contribution is -2.35. The van der Waals surface area contributed by atoms with Gasteiger partial charge in [-0.15, -0.1) is 0 Å². The van der Waals surface area contributed by atoms with Crippen LogP contribution in [0.4, 0.5) is 5.69 Å². The Morgan fingerprint density at radius 2 is 2.38 bits per heavy atom. The van der Waals surface area contributed by atoms with E-state index in [4.69, 9.17) is 11.6 Å². The number of carbonyl (C=O) groups excluding carboxylic acids is 1. The Hall–Kier alpha value is -1.06. The molecule has 1 amide bonds. The molecule has 4 heteroatoms. The summed E-state index contributed by atoms with van der Waals surface area (Å²) in [5.41, 5.74) is 1.78. The number of hydrogen-bond donors (Lipinski definition) is 2. The van der Waals surface area contributed by atoms with Crippen molar-refractivity contribution in [2.75, 3.05) is 11.9 Å². The summed E-state index contributed by atoms with van der Waals surface area (Å²) in [5, 5.41) is 6.78. The molecule has 0 aliphatic carbocycles. The number of aryl methyl sites for hydroxylation is 1. The van der Waals surface area contributed by atoms with Gasteiger partial charge in [0.2, 0.25) is 5.91 Å². The lowest BCUT2D eigenvalue weighted by molar-refractivity contribution is -0.117. The van der Waals surface area contributed by atoms with Crippen molar-refractivity contribution in [3.05, 3.63) is 28.8 Å². The van der Waals surface area contributed by atoms with Crippen molar-refractivity contribution in [2.24, 2.45) is 0 Å². The topological polar surface area (TPSA) is 41.1 Å². The van der Waals surface area contributed by atoms with E-state index in [-0.39, 0.29) is 11.9 Å². The fourth-order valence-electron chi connectivity index (χ4n) is 1.86. The minimum atomic E-state index is -0.0454. The van der Waals surface area contributed by atoms with Crippen molar-refractivity contribution in [3.63, 3.8) is 0 Å². The Morgan fingerprint density at radius 1 is 1.56 bits per heavy atom. The summed E-state index contributed by atoms with van der Waals surface area (Å²) < 4.78 is 0. The number of hydrogen-bond acceptors (Lipinski definition) is 2. The molecule has 0 bridgehead atoms. The fourth-order valence-corrected chi connectivity index (χ4v) is 1.98. The summed E-state index contributed by atoms with van der Waals surface area (Å²) in [5.74, 6) is 0.0409. The van der Waals surface area contributed by atoms with Crippen LogP contribution in [0.3, 0.4) is 0 Å². The fraction of sp³-hybridized carbons (Fsp3) is 0.417. The molecule has 2 N–H and O–H groups in total. The minimum Gasteiger partial charge on any atom is -0.325 e. The molecule has 0 saturated carbocycles. The maximum atomic E-state index is 11.8. The number of benzene rings is 1. The normalized spacial score (nSPS) is 19.8. The number of amides is 1. The van der Waals surface area contributed by atoms with E-state index in [9.17, 15) is 4.79 Å². The molecule has 2 rings (SSSR count). The lowest BCUT2D eigenvalue weighted by atomic mass is 10.2. The number of carbonyl (C=O) groups is 1. The zero-order valence-electron chi connectivity index (χ0n) is 9.22. The molecule has 1 aliphatic heterocycles. The summed E-state index contributed by atoms with van der Waals surface area (Å²) in [4.78, 5) is 11.8. The average molecular weight is 239 g/mol. The van der Waals surface area contributed by atoms with E-state index in [1.54, 1.807) is 6.07 Å². The molecule has 1 heterocycles. The van der Waals surface area contributed by atoms with E-state index in [2.05, 4.69) is 10.6 Å². The van der Waals surface area contributed by atoms with Gasteiger partial charge in [-0.2, -0.15) is 0 Å². The van der Waals surface area contributed by atoms with Gasteiger partial charge >= 0.3 is 0 Å². The van der Waals surface area contributed by atoms with Gasteiger partial charge in [0, 0.05) is 10.7 Å². The second-order valence-corrected chi connectivity index (χ2v) is 4.51. The molecule has 0 radical (unpaired) electrons.